The minimum absolute atomic E-state index is 0.0436. The number of Topliss-reactive ketones (excluding diaryl/α,β-unsaturated/α-hetero) is 1. The van der Waals surface area contributed by atoms with E-state index < -0.39 is 22.6 Å². The molecule has 1 heterocycles. The Morgan fingerprint density at radius 2 is 1.75 bits per heavy atom. The van der Waals surface area contributed by atoms with E-state index >= 15 is 0 Å². The molecule has 0 unspecified atom stereocenters. The van der Waals surface area contributed by atoms with Crippen molar-refractivity contribution in [3.8, 4) is 0 Å². The Kier molecular flexibility index (Phi) is 5.91. The molecule has 0 aliphatic heterocycles. The lowest BCUT2D eigenvalue weighted by molar-refractivity contribution is 0.0475. The third-order valence-electron chi connectivity index (χ3n) is 3.98. The number of benzene rings is 2. The summed E-state index contributed by atoms with van der Waals surface area (Å²) in [6.45, 7) is -0.403. The number of sulfonamides is 1. The molecule has 0 fully saturated rings. The summed E-state index contributed by atoms with van der Waals surface area (Å²) in [5, 5.41) is 1.76. The smallest absolute Gasteiger partial charge is 0.338 e. The molecule has 144 valence electrons. The molecule has 6 nitrogen and oxygen atoms in total. The van der Waals surface area contributed by atoms with E-state index in [4.69, 9.17) is 4.74 Å². The van der Waals surface area contributed by atoms with Gasteiger partial charge in [0.25, 0.3) is 10.0 Å². The Morgan fingerprint density at radius 3 is 2.43 bits per heavy atom. The van der Waals surface area contributed by atoms with E-state index in [0.29, 0.717) is 10.6 Å². The maximum absolute atomic E-state index is 12.9. The highest BCUT2D eigenvalue weighted by Crippen LogP contribution is 2.22. The van der Waals surface area contributed by atoms with Crippen LogP contribution in [0.1, 0.15) is 20.0 Å². The van der Waals surface area contributed by atoms with Crippen molar-refractivity contribution in [1.29, 1.82) is 0 Å². The standard InChI is InChI=1S/C20H17NO5S2/c1-21(16-8-3-2-4-9-16)28(24,25)17-10-5-7-15(13-17)20(23)26-14-18(22)19-11-6-12-27-19/h2-13H,14H2,1H3. The van der Waals surface area contributed by atoms with Crippen LogP contribution in [-0.4, -0.2) is 33.8 Å². The van der Waals surface area contributed by atoms with E-state index in [1.807, 2.05) is 0 Å². The number of ether oxygens (including phenoxy) is 1. The predicted octanol–water partition coefficient (Wildman–Crippen LogP) is 3.61. The Hall–Kier alpha value is -2.97. The second-order valence-electron chi connectivity index (χ2n) is 5.81. The Morgan fingerprint density at radius 1 is 1.00 bits per heavy atom. The molecular weight excluding hydrogens is 398 g/mol. The minimum Gasteiger partial charge on any atom is -0.454 e. The van der Waals surface area contributed by atoms with Gasteiger partial charge in [0.15, 0.2) is 6.61 Å². The summed E-state index contributed by atoms with van der Waals surface area (Å²) in [5.74, 6) is -1.07. The molecular formula is C20H17NO5S2. The normalized spacial score (nSPS) is 11.0. The number of esters is 1. The van der Waals surface area contributed by atoms with E-state index in [9.17, 15) is 18.0 Å². The third-order valence-corrected chi connectivity index (χ3v) is 6.67. The van der Waals surface area contributed by atoms with Crippen LogP contribution in [0.2, 0.25) is 0 Å². The highest BCUT2D eigenvalue weighted by atomic mass is 32.2. The quantitative estimate of drug-likeness (QED) is 0.435. The van der Waals surface area contributed by atoms with Crippen LogP contribution in [0.3, 0.4) is 0 Å². The van der Waals surface area contributed by atoms with Crippen molar-refractivity contribution >= 4 is 38.8 Å². The SMILES string of the molecule is CN(c1ccccc1)S(=O)(=O)c1cccc(C(=O)OCC(=O)c2cccs2)c1. The lowest BCUT2D eigenvalue weighted by Crippen LogP contribution is -2.26. The summed E-state index contributed by atoms with van der Waals surface area (Å²) >= 11 is 1.26. The third kappa shape index (κ3) is 4.29. The van der Waals surface area contributed by atoms with Crippen LogP contribution in [0.4, 0.5) is 5.69 Å². The van der Waals surface area contributed by atoms with Crippen LogP contribution in [0.5, 0.6) is 0 Å². The van der Waals surface area contributed by atoms with Gasteiger partial charge in [0.05, 0.1) is 21.0 Å². The average molecular weight is 415 g/mol. The molecule has 0 radical (unpaired) electrons. The molecule has 0 aliphatic rings. The van der Waals surface area contributed by atoms with Crippen LogP contribution in [-0.2, 0) is 14.8 Å². The molecule has 0 atom stereocenters. The molecule has 28 heavy (non-hydrogen) atoms. The van der Waals surface area contributed by atoms with Gasteiger partial charge in [-0.15, -0.1) is 11.3 Å². The second kappa shape index (κ2) is 8.37. The number of thiophene rings is 1. The molecule has 0 bridgehead atoms. The zero-order valence-corrected chi connectivity index (χ0v) is 16.6. The van der Waals surface area contributed by atoms with Gasteiger partial charge in [0.2, 0.25) is 5.78 Å². The molecule has 3 rings (SSSR count). The molecule has 0 amide bonds. The van der Waals surface area contributed by atoms with Gasteiger partial charge in [-0.1, -0.05) is 30.3 Å². The van der Waals surface area contributed by atoms with Crippen LogP contribution in [0.25, 0.3) is 0 Å². The molecule has 1 aromatic heterocycles. The predicted molar refractivity (Wildman–Crippen MR) is 107 cm³/mol. The fraction of sp³-hybridized carbons (Fsp3) is 0.100. The topological polar surface area (TPSA) is 80.8 Å². The van der Waals surface area contributed by atoms with Gasteiger partial charge in [-0.3, -0.25) is 9.10 Å². The van der Waals surface area contributed by atoms with Crippen molar-refractivity contribution in [3.63, 3.8) is 0 Å². The number of hydrogen-bond donors (Lipinski definition) is 0. The number of anilines is 1. The summed E-state index contributed by atoms with van der Waals surface area (Å²) in [6.07, 6.45) is 0. The minimum atomic E-state index is -3.85. The first kappa shape index (κ1) is 19.8. The molecule has 0 saturated carbocycles. The van der Waals surface area contributed by atoms with Crippen molar-refractivity contribution in [3.05, 3.63) is 82.6 Å². The zero-order valence-electron chi connectivity index (χ0n) is 14.9. The highest BCUT2D eigenvalue weighted by molar-refractivity contribution is 7.92. The molecule has 3 aromatic rings. The van der Waals surface area contributed by atoms with Crippen LogP contribution >= 0.6 is 11.3 Å². The number of para-hydroxylation sites is 1. The molecule has 2 aromatic carbocycles. The Labute approximate surface area is 167 Å². The molecule has 0 spiro atoms. The van der Waals surface area contributed by atoms with Crippen molar-refractivity contribution in [2.24, 2.45) is 0 Å². The van der Waals surface area contributed by atoms with E-state index in [-0.39, 0.29) is 16.2 Å². The summed E-state index contributed by atoms with van der Waals surface area (Å²) in [5.41, 5.74) is 0.554. The maximum Gasteiger partial charge on any atom is 0.338 e. The van der Waals surface area contributed by atoms with Crippen molar-refractivity contribution in [2.75, 3.05) is 18.0 Å². The number of carbonyl (C=O) groups excluding carboxylic acids is 2. The van der Waals surface area contributed by atoms with E-state index in [0.717, 1.165) is 4.31 Å². The lowest BCUT2D eigenvalue weighted by atomic mass is 10.2. The summed E-state index contributed by atoms with van der Waals surface area (Å²) in [6, 6.07) is 17.5. The van der Waals surface area contributed by atoms with Crippen molar-refractivity contribution < 1.29 is 22.7 Å². The van der Waals surface area contributed by atoms with E-state index in [1.165, 1.54) is 42.6 Å². The van der Waals surface area contributed by atoms with Gasteiger partial charge < -0.3 is 4.74 Å². The number of rotatable bonds is 7. The molecule has 0 N–H and O–H groups in total. The van der Waals surface area contributed by atoms with E-state index in [1.54, 1.807) is 47.8 Å². The number of hydrogen-bond acceptors (Lipinski definition) is 6. The Balaban J connectivity index is 1.76. The van der Waals surface area contributed by atoms with Gasteiger partial charge in [-0.25, -0.2) is 13.2 Å². The van der Waals surface area contributed by atoms with Gasteiger partial charge in [-0.2, -0.15) is 0 Å². The van der Waals surface area contributed by atoms with Gasteiger partial charge >= 0.3 is 5.97 Å². The van der Waals surface area contributed by atoms with Crippen LogP contribution in [0.15, 0.2) is 77.0 Å². The maximum atomic E-state index is 12.9. The zero-order chi connectivity index (χ0) is 20.1. The molecule has 0 saturated heterocycles. The molecule has 0 aliphatic carbocycles. The van der Waals surface area contributed by atoms with Gasteiger partial charge in [-0.05, 0) is 41.8 Å². The van der Waals surface area contributed by atoms with Crippen molar-refractivity contribution in [1.82, 2.24) is 0 Å². The van der Waals surface area contributed by atoms with E-state index in [2.05, 4.69) is 0 Å². The number of ketones is 1. The lowest BCUT2D eigenvalue weighted by Gasteiger charge is -2.19. The molecule has 8 heteroatoms. The van der Waals surface area contributed by atoms with Gasteiger partial charge in [0, 0.05) is 7.05 Å². The van der Waals surface area contributed by atoms with Crippen LogP contribution < -0.4 is 4.31 Å². The first-order valence-corrected chi connectivity index (χ1v) is 10.6. The fourth-order valence-corrected chi connectivity index (χ4v) is 4.33. The number of carbonyl (C=O) groups is 2. The van der Waals surface area contributed by atoms with Crippen LogP contribution in [0, 0.1) is 0 Å². The first-order valence-electron chi connectivity index (χ1n) is 8.27. The largest absolute Gasteiger partial charge is 0.454 e. The fourth-order valence-electron chi connectivity index (χ4n) is 2.44. The van der Waals surface area contributed by atoms with Crippen molar-refractivity contribution in [2.45, 2.75) is 4.90 Å². The number of nitrogens with zero attached hydrogens (tertiary/aromatic N) is 1. The van der Waals surface area contributed by atoms with Gasteiger partial charge in [0.1, 0.15) is 0 Å². The monoisotopic (exact) mass is 415 g/mol. The summed E-state index contributed by atoms with van der Waals surface area (Å²) in [7, 11) is -2.41. The highest BCUT2D eigenvalue weighted by Gasteiger charge is 2.23. The summed E-state index contributed by atoms with van der Waals surface area (Å²) in [4.78, 5) is 24.7. The first-order chi connectivity index (χ1) is 13.4. The second-order valence-corrected chi connectivity index (χ2v) is 8.73. The Bertz CT molecular complexity index is 1080. The average Bonchev–Trinajstić information content (AvgIpc) is 3.27. The summed E-state index contributed by atoms with van der Waals surface area (Å²) < 4.78 is 31.9.